The van der Waals surface area contributed by atoms with Crippen LogP contribution < -0.4 is 9.62 Å². The molecule has 0 saturated carbocycles. The van der Waals surface area contributed by atoms with E-state index in [9.17, 15) is 18.0 Å². The predicted molar refractivity (Wildman–Crippen MR) is 167 cm³/mol. The van der Waals surface area contributed by atoms with Gasteiger partial charge in [0.05, 0.1) is 10.6 Å². The van der Waals surface area contributed by atoms with Gasteiger partial charge in [0.15, 0.2) is 0 Å². The normalized spacial score (nSPS) is 12.0. The van der Waals surface area contributed by atoms with Crippen molar-refractivity contribution in [2.24, 2.45) is 0 Å². The lowest BCUT2D eigenvalue weighted by Gasteiger charge is -2.34. The molecule has 0 radical (unpaired) electrons. The fraction of sp³-hybridized carbons (Fsp3) is 0.212. The van der Waals surface area contributed by atoms with Crippen molar-refractivity contribution in [1.82, 2.24) is 10.2 Å². The zero-order valence-corrected chi connectivity index (χ0v) is 25.4. The van der Waals surface area contributed by atoms with Crippen LogP contribution in [0.3, 0.4) is 0 Å². The molecule has 0 fully saturated rings. The first-order valence-corrected chi connectivity index (χ1v) is 15.6. The van der Waals surface area contributed by atoms with E-state index in [1.807, 2.05) is 44.2 Å². The van der Waals surface area contributed by atoms with Gasteiger partial charge in [-0.05, 0) is 61.4 Å². The number of carbonyl (C=O) groups is 2. The molecule has 0 aliphatic rings. The van der Waals surface area contributed by atoms with E-state index >= 15 is 4.39 Å². The second kappa shape index (κ2) is 14.3. The maximum atomic E-state index is 15.1. The smallest absolute Gasteiger partial charge is 0.264 e. The molecule has 1 N–H and O–H groups in total. The maximum absolute atomic E-state index is 15.1. The molecule has 0 aliphatic carbocycles. The zero-order chi connectivity index (χ0) is 31.0. The number of hydrogen-bond donors (Lipinski definition) is 1. The number of halogens is 2. The van der Waals surface area contributed by atoms with Gasteiger partial charge in [0.25, 0.3) is 10.0 Å². The Morgan fingerprint density at radius 2 is 1.44 bits per heavy atom. The number of amides is 2. The summed E-state index contributed by atoms with van der Waals surface area (Å²) >= 11 is 6.25. The Morgan fingerprint density at radius 3 is 2.07 bits per heavy atom. The molecule has 0 heterocycles. The van der Waals surface area contributed by atoms with Crippen LogP contribution in [0, 0.1) is 5.82 Å². The van der Waals surface area contributed by atoms with Crippen LogP contribution in [0.15, 0.2) is 114 Å². The van der Waals surface area contributed by atoms with Crippen LogP contribution >= 0.6 is 11.6 Å². The quantitative estimate of drug-likeness (QED) is 0.215. The minimum Gasteiger partial charge on any atom is -0.352 e. The molecule has 224 valence electrons. The summed E-state index contributed by atoms with van der Waals surface area (Å²) < 4.78 is 43.6. The zero-order valence-electron chi connectivity index (χ0n) is 23.9. The molecular formula is C33H33ClFN3O4S. The Bertz CT molecular complexity index is 1650. The third-order valence-corrected chi connectivity index (χ3v) is 8.68. The summed E-state index contributed by atoms with van der Waals surface area (Å²) in [6, 6.07) is 27.7. The number of para-hydroxylation sites is 1. The molecule has 0 aliphatic heterocycles. The topological polar surface area (TPSA) is 86.8 Å². The standard InChI is InChI=1S/C33H33ClFN3O4S/c1-24(2)36-33(40)31(21-25-12-5-3-6-13-25)37(22-26-14-11-15-27(34)20-26)32(39)23-38(30-19-10-9-18-29(30)35)43(41,42)28-16-7-4-8-17-28/h3-20,24,31H,21-23H2,1-2H3,(H,36,40). The highest BCUT2D eigenvalue weighted by Crippen LogP contribution is 2.27. The molecule has 10 heteroatoms. The Morgan fingerprint density at radius 1 is 0.837 bits per heavy atom. The Balaban J connectivity index is 1.81. The lowest BCUT2D eigenvalue weighted by molar-refractivity contribution is -0.140. The van der Waals surface area contributed by atoms with Gasteiger partial charge >= 0.3 is 0 Å². The van der Waals surface area contributed by atoms with E-state index in [0.29, 0.717) is 10.6 Å². The van der Waals surface area contributed by atoms with Crippen molar-refractivity contribution in [2.45, 2.75) is 43.8 Å². The average Bonchev–Trinajstić information content (AvgIpc) is 2.98. The van der Waals surface area contributed by atoms with Gasteiger partial charge in [-0.25, -0.2) is 12.8 Å². The van der Waals surface area contributed by atoms with Gasteiger partial charge in [-0.2, -0.15) is 0 Å². The molecule has 0 aromatic heterocycles. The number of rotatable bonds is 12. The highest BCUT2D eigenvalue weighted by Gasteiger charge is 2.35. The Labute approximate surface area is 257 Å². The number of nitrogens with zero attached hydrogens (tertiary/aromatic N) is 2. The van der Waals surface area contributed by atoms with Gasteiger partial charge in [0.2, 0.25) is 11.8 Å². The summed E-state index contributed by atoms with van der Waals surface area (Å²) in [5, 5.41) is 3.34. The lowest BCUT2D eigenvalue weighted by Crippen LogP contribution is -2.54. The van der Waals surface area contributed by atoms with Gasteiger partial charge in [0, 0.05) is 24.0 Å². The fourth-order valence-corrected chi connectivity index (χ4v) is 6.31. The van der Waals surface area contributed by atoms with Gasteiger partial charge < -0.3 is 10.2 Å². The minimum atomic E-state index is -4.38. The summed E-state index contributed by atoms with van der Waals surface area (Å²) in [4.78, 5) is 29.2. The highest BCUT2D eigenvalue weighted by atomic mass is 35.5. The second-order valence-electron chi connectivity index (χ2n) is 10.3. The van der Waals surface area contributed by atoms with E-state index in [2.05, 4.69) is 5.32 Å². The van der Waals surface area contributed by atoms with Crippen molar-refractivity contribution in [3.05, 3.63) is 131 Å². The van der Waals surface area contributed by atoms with Crippen molar-refractivity contribution < 1.29 is 22.4 Å². The van der Waals surface area contributed by atoms with Crippen LogP contribution in [0.5, 0.6) is 0 Å². The van der Waals surface area contributed by atoms with Gasteiger partial charge in [0.1, 0.15) is 18.4 Å². The summed E-state index contributed by atoms with van der Waals surface area (Å²) in [7, 11) is -4.38. The van der Waals surface area contributed by atoms with Gasteiger partial charge in [-0.3, -0.25) is 13.9 Å². The monoisotopic (exact) mass is 621 g/mol. The highest BCUT2D eigenvalue weighted by molar-refractivity contribution is 7.92. The fourth-order valence-electron chi connectivity index (χ4n) is 4.65. The Kier molecular flexibility index (Phi) is 10.6. The van der Waals surface area contributed by atoms with Crippen molar-refractivity contribution in [2.75, 3.05) is 10.8 Å². The third kappa shape index (κ3) is 8.21. The molecule has 1 atom stereocenters. The first-order chi connectivity index (χ1) is 20.6. The Hall–Kier alpha value is -4.21. The summed E-state index contributed by atoms with van der Waals surface area (Å²) in [5.74, 6) is -1.91. The first-order valence-electron chi connectivity index (χ1n) is 13.8. The maximum Gasteiger partial charge on any atom is 0.264 e. The number of nitrogens with one attached hydrogen (secondary N) is 1. The molecule has 0 spiro atoms. The molecular weight excluding hydrogens is 589 g/mol. The van der Waals surface area contributed by atoms with Crippen LogP contribution in [0.2, 0.25) is 5.02 Å². The lowest BCUT2D eigenvalue weighted by atomic mass is 10.0. The van der Waals surface area contributed by atoms with E-state index in [1.165, 1.54) is 35.2 Å². The molecule has 0 saturated heterocycles. The largest absolute Gasteiger partial charge is 0.352 e. The van der Waals surface area contributed by atoms with Crippen LogP contribution in [-0.2, 0) is 32.6 Å². The third-order valence-electron chi connectivity index (χ3n) is 6.68. The average molecular weight is 622 g/mol. The molecule has 1 unspecified atom stereocenters. The van der Waals surface area contributed by atoms with E-state index in [0.717, 1.165) is 15.9 Å². The van der Waals surface area contributed by atoms with Crippen molar-refractivity contribution in [3.63, 3.8) is 0 Å². The van der Waals surface area contributed by atoms with E-state index in [1.54, 1.807) is 42.5 Å². The molecule has 43 heavy (non-hydrogen) atoms. The number of benzene rings is 4. The van der Waals surface area contributed by atoms with E-state index in [-0.39, 0.29) is 29.6 Å². The molecule has 4 rings (SSSR count). The molecule has 4 aromatic carbocycles. The summed E-state index contributed by atoms with van der Waals surface area (Å²) in [5.41, 5.74) is 1.16. The van der Waals surface area contributed by atoms with Crippen molar-refractivity contribution in [3.8, 4) is 0 Å². The molecule has 0 bridgehead atoms. The van der Waals surface area contributed by atoms with Crippen molar-refractivity contribution in [1.29, 1.82) is 0 Å². The van der Waals surface area contributed by atoms with Crippen molar-refractivity contribution >= 4 is 39.1 Å². The van der Waals surface area contributed by atoms with Gasteiger partial charge in [-0.1, -0.05) is 84.4 Å². The SMILES string of the molecule is CC(C)NC(=O)C(Cc1ccccc1)N(Cc1cccc(Cl)c1)C(=O)CN(c1ccccc1F)S(=O)(=O)c1ccccc1. The molecule has 2 amide bonds. The molecule has 4 aromatic rings. The van der Waals surface area contributed by atoms with Crippen LogP contribution in [0.4, 0.5) is 10.1 Å². The van der Waals surface area contributed by atoms with Crippen LogP contribution in [0.25, 0.3) is 0 Å². The molecule has 7 nitrogen and oxygen atoms in total. The summed E-state index contributed by atoms with van der Waals surface area (Å²) in [6.45, 7) is 2.83. The number of anilines is 1. The van der Waals surface area contributed by atoms with Crippen LogP contribution in [-0.4, -0.2) is 43.8 Å². The minimum absolute atomic E-state index is 0.0428. The van der Waals surface area contributed by atoms with E-state index < -0.39 is 40.2 Å². The van der Waals surface area contributed by atoms with Gasteiger partial charge in [-0.15, -0.1) is 0 Å². The number of hydrogen-bond acceptors (Lipinski definition) is 4. The number of carbonyl (C=O) groups excluding carboxylic acids is 2. The number of sulfonamides is 1. The predicted octanol–water partition coefficient (Wildman–Crippen LogP) is 5.84. The summed E-state index contributed by atoms with van der Waals surface area (Å²) in [6.07, 6.45) is 0.164. The van der Waals surface area contributed by atoms with Crippen LogP contribution in [0.1, 0.15) is 25.0 Å². The second-order valence-corrected chi connectivity index (χ2v) is 12.6. The van der Waals surface area contributed by atoms with E-state index in [4.69, 9.17) is 11.6 Å². The first kappa shape index (κ1) is 31.7.